The van der Waals surface area contributed by atoms with E-state index in [0.717, 1.165) is 128 Å². The van der Waals surface area contributed by atoms with Crippen molar-refractivity contribution in [3.63, 3.8) is 0 Å². The molecule has 0 aliphatic carbocycles. The molecule has 0 saturated carbocycles. The summed E-state index contributed by atoms with van der Waals surface area (Å²) in [6.07, 6.45) is 98.6. The van der Waals surface area contributed by atoms with Gasteiger partial charge in [0, 0.05) is 12.8 Å². The van der Waals surface area contributed by atoms with Gasteiger partial charge in [-0.3, -0.25) is 9.59 Å². The molecule has 74 heavy (non-hydrogen) atoms. The lowest BCUT2D eigenvalue weighted by Gasteiger charge is -2.15. The zero-order chi connectivity index (χ0) is 53.4. The minimum Gasteiger partial charge on any atom is -0.462 e. The molecule has 0 saturated heterocycles. The van der Waals surface area contributed by atoms with Crippen molar-refractivity contribution in [2.45, 2.75) is 225 Å². The zero-order valence-corrected chi connectivity index (χ0v) is 47.0. The van der Waals surface area contributed by atoms with E-state index in [1.165, 1.54) is 57.8 Å². The van der Waals surface area contributed by atoms with Crippen LogP contribution in [0.5, 0.6) is 0 Å². The van der Waals surface area contributed by atoms with Gasteiger partial charge in [0.05, 0.1) is 6.61 Å². The SMILES string of the molecule is CC/C=C\C/C=C\C/C=C\C/C=C\C/C=C\C/C=C\C/C=C\C/C=C\CCCCC(=O)OC(CO)COC(=O)CCCCCCCCCCCCC/C=C\C/C=C\C/C=C\C/C=C\C/C=C\C/C=C\C/C=C\CC. The first-order valence-electron chi connectivity index (χ1n) is 29.3. The molecular formula is C69H106O5. The van der Waals surface area contributed by atoms with Crippen molar-refractivity contribution in [3.05, 3.63) is 182 Å². The number of carbonyl (C=O) groups excluding carboxylic acids is 2. The molecule has 0 bridgehead atoms. The van der Waals surface area contributed by atoms with E-state index in [1.807, 2.05) is 0 Å². The Labute approximate surface area is 455 Å². The molecule has 0 aromatic carbocycles. The molecule has 0 aromatic rings. The van der Waals surface area contributed by atoms with Gasteiger partial charge in [-0.2, -0.15) is 0 Å². The van der Waals surface area contributed by atoms with Gasteiger partial charge in [-0.15, -0.1) is 0 Å². The molecule has 0 rings (SSSR count). The van der Waals surface area contributed by atoms with E-state index in [9.17, 15) is 14.7 Å². The first-order valence-corrected chi connectivity index (χ1v) is 29.3. The average Bonchev–Trinajstić information content (AvgIpc) is 3.40. The predicted octanol–water partition coefficient (Wildman–Crippen LogP) is 20.3. The van der Waals surface area contributed by atoms with Crippen molar-refractivity contribution in [3.8, 4) is 0 Å². The van der Waals surface area contributed by atoms with Gasteiger partial charge in [-0.25, -0.2) is 0 Å². The molecule has 0 aliphatic rings. The molecule has 1 N–H and O–H groups in total. The number of aliphatic hydroxyl groups excluding tert-OH is 1. The fraction of sp³-hybridized carbons (Fsp3) is 0.536. The monoisotopic (exact) mass is 1010 g/mol. The smallest absolute Gasteiger partial charge is 0.306 e. The second kappa shape index (κ2) is 62.3. The summed E-state index contributed by atoms with van der Waals surface area (Å²) >= 11 is 0. The number of allylic oxidation sites excluding steroid dienone is 30. The lowest BCUT2D eigenvalue weighted by Crippen LogP contribution is -2.28. The fourth-order valence-corrected chi connectivity index (χ4v) is 7.37. The normalized spacial score (nSPS) is 13.6. The number of esters is 2. The number of aliphatic hydroxyl groups is 1. The minimum absolute atomic E-state index is 0.0980. The van der Waals surface area contributed by atoms with Crippen LogP contribution in [-0.2, 0) is 19.1 Å². The molecular weight excluding hydrogens is 909 g/mol. The zero-order valence-electron chi connectivity index (χ0n) is 47.0. The summed E-state index contributed by atoms with van der Waals surface area (Å²) in [5, 5.41) is 9.66. The van der Waals surface area contributed by atoms with Crippen LogP contribution in [0.4, 0.5) is 0 Å². The molecule has 0 aliphatic heterocycles. The topological polar surface area (TPSA) is 72.8 Å². The summed E-state index contributed by atoms with van der Waals surface area (Å²) in [6.45, 7) is 3.86. The van der Waals surface area contributed by atoms with E-state index in [4.69, 9.17) is 9.47 Å². The van der Waals surface area contributed by atoms with Gasteiger partial charge in [0.25, 0.3) is 0 Å². The Balaban J connectivity index is 3.65. The Hall–Kier alpha value is -5.00. The Morgan fingerprint density at radius 1 is 0.311 bits per heavy atom. The lowest BCUT2D eigenvalue weighted by atomic mass is 10.0. The highest BCUT2D eigenvalue weighted by Crippen LogP contribution is 2.14. The number of ether oxygens (including phenoxy) is 2. The maximum atomic E-state index is 12.3. The number of unbranched alkanes of at least 4 members (excludes halogenated alkanes) is 13. The molecule has 0 radical (unpaired) electrons. The number of carbonyl (C=O) groups is 2. The van der Waals surface area contributed by atoms with Crippen LogP contribution < -0.4 is 0 Å². The summed E-state index contributed by atoms with van der Waals surface area (Å²) in [4.78, 5) is 24.5. The molecule has 5 nitrogen and oxygen atoms in total. The predicted molar refractivity (Wildman–Crippen MR) is 324 cm³/mol. The summed E-state index contributed by atoms with van der Waals surface area (Å²) in [5.41, 5.74) is 0. The first-order chi connectivity index (χ1) is 36.6. The molecule has 0 spiro atoms. The Kier molecular flexibility index (Phi) is 58.1. The number of hydrogen-bond donors (Lipinski definition) is 1. The van der Waals surface area contributed by atoms with Gasteiger partial charge in [-0.1, -0.05) is 254 Å². The molecule has 0 heterocycles. The molecule has 5 heteroatoms. The van der Waals surface area contributed by atoms with E-state index < -0.39 is 6.10 Å². The van der Waals surface area contributed by atoms with Crippen molar-refractivity contribution in [2.24, 2.45) is 0 Å². The van der Waals surface area contributed by atoms with Crippen LogP contribution in [0.2, 0.25) is 0 Å². The molecule has 0 amide bonds. The van der Waals surface area contributed by atoms with Gasteiger partial charge in [0.15, 0.2) is 6.10 Å². The van der Waals surface area contributed by atoms with Crippen molar-refractivity contribution < 1.29 is 24.2 Å². The third-order valence-electron chi connectivity index (χ3n) is 11.7. The van der Waals surface area contributed by atoms with E-state index >= 15 is 0 Å². The first kappa shape index (κ1) is 69.0. The van der Waals surface area contributed by atoms with E-state index in [0.29, 0.717) is 12.8 Å². The van der Waals surface area contributed by atoms with Crippen LogP contribution in [0.25, 0.3) is 0 Å². The van der Waals surface area contributed by atoms with Crippen LogP contribution in [0.3, 0.4) is 0 Å². The van der Waals surface area contributed by atoms with Gasteiger partial charge in [-0.05, 0) is 135 Å². The van der Waals surface area contributed by atoms with Gasteiger partial charge >= 0.3 is 11.9 Å². The molecule has 412 valence electrons. The van der Waals surface area contributed by atoms with Crippen molar-refractivity contribution >= 4 is 11.9 Å². The van der Waals surface area contributed by atoms with Gasteiger partial charge < -0.3 is 14.6 Å². The maximum absolute atomic E-state index is 12.3. The highest BCUT2D eigenvalue weighted by Gasteiger charge is 2.16. The number of hydrogen-bond acceptors (Lipinski definition) is 5. The van der Waals surface area contributed by atoms with Crippen molar-refractivity contribution in [2.75, 3.05) is 13.2 Å². The summed E-state index contributed by atoms with van der Waals surface area (Å²) < 4.78 is 10.7. The van der Waals surface area contributed by atoms with E-state index in [-0.39, 0.29) is 31.6 Å². The Morgan fingerprint density at radius 2 is 0.541 bits per heavy atom. The number of rotatable bonds is 51. The Morgan fingerprint density at radius 3 is 0.838 bits per heavy atom. The molecule has 0 fully saturated rings. The standard InChI is InChI=1S/C69H106O5/c1-3-5-7-9-11-13-15-17-19-21-23-25-27-29-31-32-33-34-35-36-38-39-41-43-45-47-49-51-53-55-57-59-61-63-68(71)73-66-67(65-70)74-69(72)64-62-60-58-56-54-52-50-48-46-44-42-40-37-30-28-26-24-22-20-18-16-14-12-10-8-6-4-2/h5-8,11-14,17-20,23-26,29-31,33-34,36-38,42,44,48,50,54,56,67,70H,3-4,9-10,15-16,21-22,27-28,32,35,39-41,43,45-47,49,51-53,55,57-66H2,1-2H3/b7-5-,8-6-,13-11-,14-12-,19-17-,20-18-,25-23-,26-24-,31-29-,34-33-,37-30-,38-36-,44-42-,50-48-,56-54-. The molecule has 1 atom stereocenters. The third kappa shape index (κ3) is 59.6. The lowest BCUT2D eigenvalue weighted by molar-refractivity contribution is -0.161. The second-order valence-electron chi connectivity index (χ2n) is 18.6. The van der Waals surface area contributed by atoms with Gasteiger partial charge in [0.1, 0.15) is 6.61 Å². The minimum atomic E-state index is -0.813. The highest BCUT2D eigenvalue weighted by molar-refractivity contribution is 5.70. The quantitative estimate of drug-likeness (QED) is 0.0373. The second-order valence-corrected chi connectivity index (χ2v) is 18.6. The van der Waals surface area contributed by atoms with Crippen LogP contribution in [0.1, 0.15) is 219 Å². The van der Waals surface area contributed by atoms with Gasteiger partial charge in [0.2, 0.25) is 0 Å². The largest absolute Gasteiger partial charge is 0.462 e. The van der Waals surface area contributed by atoms with Crippen LogP contribution in [0.15, 0.2) is 182 Å². The summed E-state index contributed by atoms with van der Waals surface area (Å²) in [6, 6.07) is 0. The van der Waals surface area contributed by atoms with Crippen molar-refractivity contribution in [1.29, 1.82) is 0 Å². The Bertz CT molecular complexity index is 1720. The summed E-state index contributed by atoms with van der Waals surface area (Å²) in [7, 11) is 0. The van der Waals surface area contributed by atoms with Crippen LogP contribution in [0, 0.1) is 0 Å². The molecule has 1 unspecified atom stereocenters. The van der Waals surface area contributed by atoms with Crippen molar-refractivity contribution in [1.82, 2.24) is 0 Å². The van der Waals surface area contributed by atoms with Crippen LogP contribution >= 0.6 is 0 Å². The van der Waals surface area contributed by atoms with E-state index in [1.54, 1.807) is 0 Å². The maximum Gasteiger partial charge on any atom is 0.306 e. The van der Waals surface area contributed by atoms with E-state index in [2.05, 4.69) is 196 Å². The highest BCUT2D eigenvalue weighted by atomic mass is 16.6. The summed E-state index contributed by atoms with van der Waals surface area (Å²) in [5.74, 6) is -0.659. The fourth-order valence-electron chi connectivity index (χ4n) is 7.37. The average molecular weight is 1020 g/mol. The van der Waals surface area contributed by atoms with Crippen LogP contribution in [-0.4, -0.2) is 36.4 Å². The molecule has 0 aromatic heterocycles. The third-order valence-corrected chi connectivity index (χ3v) is 11.7.